The van der Waals surface area contributed by atoms with E-state index in [0.717, 1.165) is 5.56 Å². The Morgan fingerprint density at radius 1 is 1.00 bits per heavy atom. The Bertz CT molecular complexity index is 799. The molecule has 11 nitrogen and oxygen atoms in total. The second-order valence-corrected chi connectivity index (χ2v) is 7.57. The maximum absolute atomic E-state index is 12.8. The Balaban J connectivity index is 2.80. The predicted molar refractivity (Wildman–Crippen MR) is 114 cm³/mol. The molecule has 32 heavy (non-hydrogen) atoms. The van der Waals surface area contributed by atoms with Gasteiger partial charge in [0, 0.05) is 6.42 Å². The van der Waals surface area contributed by atoms with E-state index in [9.17, 15) is 24.0 Å². The molecule has 1 aromatic rings. The first-order valence-corrected chi connectivity index (χ1v) is 10.1. The topological polar surface area (TPSA) is 177 Å². The van der Waals surface area contributed by atoms with Crippen molar-refractivity contribution in [1.82, 2.24) is 16.0 Å². The molecule has 2 atom stereocenters. The van der Waals surface area contributed by atoms with Gasteiger partial charge in [0.2, 0.25) is 17.7 Å². The lowest BCUT2D eigenvalue weighted by Gasteiger charge is -2.23. The van der Waals surface area contributed by atoms with Gasteiger partial charge in [-0.05, 0) is 24.3 Å². The molecule has 0 aliphatic rings. The van der Waals surface area contributed by atoms with Crippen molar-refractivity contribution >= 4 is 29.8 Å². The molecule has 0 aliphatic heterocycles. The van der Waals surface area contributed by atoms with E-state index in [1.807, 2.05) is 19.9 Å². The van der Waals surface area contributed by atoms with Gasteiger partial charge >= 0.3 is 12.1 Å². The Labute approximate surface area is 186 Å². The zero-order chi connectivity index (χ0) is 24.1. The Morgan fingerprint density at radius 3 is 2.22 bits per heavy atom. The molecule has 0 unspecified atom stereocenters. The quantitative estimate of drug-likeness (QED) is 0.286. The first-order chi connectivity index (χ1) is 15.1. The number of ether oxygens (including phenoxy) is 1. The fourth-order valence-electron chi connectivity index (χ4n) is 2.72. The van der Waals surface area contributed by atoms with Gasteiger partial charge in [-0.15, -0.1) is 0 Å². The van der Waals surface area contributed by atoms with Crippen LogP contribution in [-0.2, 0) is 30.5 Å². The summed E-state index contributed by atoms with van der Waals surface area (Å²) in [6.07, 6.45) is -1.25. The fraction of sp³-hybridized carbons (Fsp3) is 0.476. The Hall–Kier alpha value is -3.63. The largest absolute Gasteiger partial charge is 0.481 e. The highest BCUT2D eigenvalue weighted by atomic mass is 16.5. The van der Waals surface area contributed by atoms with Gasteiger partial charge in [0.1, 0.15) is 18.7 Å². The standard InChI is InChI=1S/C21H30N4O7/c1-13(2)10-16(19(29)23-11-17(22)26)24-20(30)15(8-9-18(27)28)25-21(31)32-12-14-6-4-3-5-7-14/h3-7,13,15-16H,8-12H2,1-2H3,(H2,22,26)(H,23,29)(H,24,30)(H,25,31)(H,27,28)/t15-,16-/m0/s1. The molecular formula is C21H30N4O7. The van der Waals surface area contributed by atoms with E-state index in [4.69, 9.17) is 15.6 Å². The summed E-state index contributed by atoms with van der Waals surface area (Å²) in [6, 6.07) is 6.62. The highest BCUT2D eigenvalue weighted by Crippen LogP contribution is 2.08. The van der Waals surface area contributed by atoms with Crippen LogP contribution in [0.1, 0.15) is 38.7 Å². The molecule has 4 amide bonds. The summed E-state index contributed by atoms with van der Waals surface area (Å²) in [6.45, 7) is 3.24. The number of carbonyl (C=O) groups is 5. The molecule has 0 aromatic heterocycles. The van der Waals surface area contributed by atoms with Gasteiger partial charge in [0.05, 0.1) is 6.54 Å². The maximum atomic E-state index is 12.8. The minimum atomic E-state index is -1.24. The van der Waals surface area contributed by atoms with Gasteiger partial charge in [-0.2, -0.15) is 0 Å². The van der Waals surface area contributed by atoms with Crippen molar-refractivity contribution in [3.05, 3.63) is 35.9 Å². The van der Waals surface area contributed by atoms with Crippen LogP contribution in [0.5, 0.6) is 0 Å². The summed E-state index contributed by atoms with van der Waals surface area (Å²) in [4.78, 5) is 59.1. The van der Waals surface area contributed by atoms with Gasteiger partial charge in [-0.25, -0.2) is 4.79 Å². The molecule has 176 valence electrons. The minimum absolute atomic E-state index is 0.0147. The highest BCUT2D eigenvalue weighted by Gasteiger charge is 2.28. The fourth-order valence-corrected chi connectivity index (χ4v) is 2.72. The molecular weight excluding hydrogens is 420 g/mol. The average Bonchev–Trinajstić information content (AvgIpc) is 2.73. The molecule has 0 heterocycles. The SMILES string of the molecule is CC(C)C[C@H](NC(=O)[C@H](CCC(=O)O)NC(=O)OCc1ccccc1)C(=O)NCC(N)=O. The normalized spacial score (nSPS) is 12.3. The van der Waals surface area contributed by atoms with Gasteiger partial charge < -0.3 is 31.5 Å². The van der Waals surface area contributed by atoms with E-state index in [1.165, 1.54) is 0 Å². The number of hydrogen-bond donors (Lipinski definition) is 5. The number of aliphatic carboxylic acids is 1. The van der Waals surface area contributed by atoms with Crippen LogP contribution >= 0.6 is 0 Å². The van der Waals surface area contributed by atoms with Crippen LogP contribution in [0.3, 0.4) is 0 Å². The summed E-state index contributed by atoms with van der Waals surface area (Å²) in [5.74, 6) is -3.24. The second-order valence-electron chi connectivity index (χ2n) is 7.57. The molecule has 0 bridgehead atoms. The van der Waals surface area contributed by atoms with Crippen molar-refractivity contribution in [2.45, 2.75) is 51.8 Å². The van der Waals surface area contributed by atoms with Crippen LogP contribution in [0.15, 0.2) is 30.3 Å². The van der Waals surface area contributed by atoms with Crippen LogP contribution in [0, 0.1) is 5.92 Å². The van der Waals surface area contributed by atoms with Gasteiger partial charge in [0.15, 0.2) is 0 Å². The first kappa shape index (κ1) is 26.4. The molecule has 0 aliphatic carbocycles. The molecule has 0 saturated carbocycles. The van der Waals surface area contributed by atoms with E-state index in [-0.39, 0.29) is 31.8 Å². The van der Waals surface area contributed by atoms with Gasteiger partial charge in [-0.1, -0.05) is 44.2 Å². The predicted octanol–water partition coefficient (Wildman–Crippen LogP) is 0.279. The van der Waals surface area contributed by atoms with Crippen LogP contribution in [0.2, 0.25) is 0 Å². The molecule has 11 heteroatoms. The summed E-state index contributed by atoms with van der Waals surface area (Å²) >= 11 is 0. The average molecular weight is 450 g/mol. The van der Waals surface area contributed by atoms with Crippen molar-refractivity contribution in [2.24, 2.45) is 11.7 Å². The third kappa shape index (κ3) is 11.0. The van der Waals surface area contributed by atoms with E-state index >= 15 is 0 Å². The lowest BCUT2D eigenvalue weighted by Crippen LogP contribution is -2.54. The number of amides is 4. The highest BCUT2D eigenvalue weighted by molar-refractivity contribution is 5.92. The zero-order valence-electron chi connectivity index (χ0n) is 18.1. The van der Waals surface area contributed by atoms with Crippen molar-refractivity contribution in [1.29, 1.82) is 0 Å². The number of carbonyl (C=O) groups excluding carboxylic acids is 4. The van der Waals surface area contributed by atoms with Crippen molar-refractivity contribution in [3.63, 3.8) is 0 Å². The maximum Gasteiger partial charge on any atom is 0.408 e. The third-order valence-electron chi connectivity index (χ3n) is 4.25. The molecule has 0 radical (unpaired) electrons. The number of hydrogen-bond acceptors (Lipinski definition) is 6. The molecule has 1 aromatic carbocycles. The van der Waals surface area contributed by atoms with Crippen LogP contribution in [-0.4, -0.2) is 53.5 Å². The Morgan fingerprint density at radius 2 is 1.66 bits per heavy atom. The summed E-state index contributed by atoms with van der Waals surface area (Å²) in [5.41, 5.74) is 5.76. The van der Waals surface area contributed by atoms with Crippen LogP contribution in [0.4, 0.5) is 4.79 Å². The van der Waals surface area contributed by atoms with Gasteiger partial charge in [-0.3, -0.25) is 19.2 Å². The smallest absolute Gasteiger partial charge is 0.408 e. The number of carboxylic acid groups (broad SMARTS) is 1. The summed E-state index contributed by atoms with van der Waals surface area (Å²) in [7, 11) is 0. The molecule has 0 fully saturated rings. The number of rotatable bonds is 13. The van der Waals surface area contributed by atoms with Crippen molar-refractivity contribution < 1.29 is 33.8 Å². The monoisotopic (exact) mass is 450 g/mol. The van der Waals surface area contributed by atoms with E-state index in [2.05, 4.69) is 16.0 Å². The number of nitrogens with two attached hydrogens (primary N) is 1. The molecule has 1 rings (SSSR count). The van der Waals surface area contributed by atoms with Crippen molar-refractivity contribution in [2.75, 3.05) is 6.54 Å². The van der Waals surface area contributed by atoms with E-state index in [1.54, 1.807) is 24.3 Å². The third-order valence-corrected chi connectivity index (χ3v) is 4.25. The summed E-state index contributed by atoms with van der Waals surface area (Å²) in [5, 5.41) is 16.1. The lowest BCUT2D eigenvalue weighted by atomic mass is 10.0. The molecule has 0 saturated heterocycles. The van der Waals surface area contributed by atoms with Crippen molar-refractivity contribution in [3.8, 4) is 0 Å². The molecule has 0 spiro atoms. The zero-order valence-corrected chi connectivity index (χ0v) is 18.1. The van der Waals surface area contributed by atoms with E-state index in [0.29, 0.717) is 0 Å². The first-order valence-electron chi connectivity index (χ1n) is 10.1. The number of benzene rings is 1. The molecule has 6 N–H and O–H groups in total. The Kier molecular flexibility index (Phi) is 11.2. The number of carboxylic acids is 1. The minimum Gasteiger partial charge on any atom is -0.481 e. The number of alkyl carbamates (subject to hydrolysis) is 1. The van der Waals surface area contributed by atoms with Crippen LogP contribution in [0.25, 0.3) is 0 Å². The number of nitrogens with one attached hydrogen (secondary N) is 3. The van der Waals surface area contributed by atoms with Gasteiger partial charge in [0.25, 0.3) is 0 Å². The second kappa shape index (κ2) is 13.6. The van der Waals surface area contributed by atoms with Crippen LogP contribution < -0.4 is 21.7 Å². The number of primary amides is 1. The van der Waals surface area contributed by atoms with E-state index < -0.39 is 48.4 Å². The lowest BCUT2D eigenvalue weighted by molar-refractivity contribution is -0.137. The summed E-state index contributed by atoms with van der Waals surface area (Å²) < 4.78 is 5.09.